The maximum atomic E-state index is 16.1. The SMILES string of the molecule is CC.CC.CC.CC(C)(C)OC=O.CN1CC2(CCC(N3CCC(F)(c4ncc(F)cc4-c4cnn(C)c4)CC3)C2)C1. The first kappa shape index (κ1) is 37.6. The summed E-state index contributed by atoms with van der Waals surface area (Å²) in [6.45, 7) is 21.8. The standard InChI is InChI=1S/C22H29F2N5.C5H10O2.3C2H6/c1-27-14-21(15-27)4-3-18(10-21)29-7-5-22(24,6-8-29)20-19(9-17(23)12-25-20)16-11-26-28(2)13-16;1-5(2,3)7-4-6;3*1-2/h9,11-13,18H,3-8,10,14-15H2,1-2H3;4H,1-3H3;3*1-2H3. The van der Waals surface area contributed by atoms with E-state index >= 15 is 4.39 Å². The first-order valence-corrected chi connectivity index (χ1v) is 15.8. The van der Waals surface area contributed by atoms with E-state index in [0.717, 1.165) is 19.3 Å². The van der Waals surface area contributed by atoms with Crippen LogP contribution in [0.4, 0.5) is 8.78 Å². The lowest BCUT2D eigenvalue weighted by Crippen LogP contribution is -2.54. The fourth-order valence-corrected chi connectivity index (χ4v) is 6.08. The minimum absolute atomic E-state index is 0.318. The second-order valence-corrected chi connectivity index (χ2v) is 11.8. The summed E-state index contributed by atoms with van der Waals surface area (Å²) in [5.74, 6) is -0.449. The zero-order valence-electron chi connectivity index (χ0n) is 28.1. The Labute approximate surface area is 254 Å². The van der Waals surface area contributed by atoms with Gasteiger partial charge < -0.3 is 14.5 Å². The Hall–Kier alpha value is -2.39. The molecule has 1 unspecified atom stereocenters. The lowest BCUT2D eigenvalue weighted by molar-refractivity contribution is -0.138. The molecule has 1 saturated carbocycles. The molecule has 2 aromatic rings. The summed E-state index contributed by atoms with van der Waals surface area (Å²) >= 11 is 0. The molecule has 4 heterocycles. The van der Waals surface area contributed by atoms with Crippen molar-refractivity contribution in [2.24, 2.45) is 12.5 Å². The Kier molecular flexibility index (Phi) is 15.3. The number of pyridine rings is 1. The van der Waals surface area contributed by atoms with Crippen molar-refractivity contribution in [2.75, 3.05) is 33.2 Å². The second kappa shape index (κ2) is 17.0. The normalized spacial score (nSPS) is 20.6. The van der Waals surface area contributed by atoms with Crippen LogP contribution in [-0.2, 0) is 22.2 Å². The number of hydrogen-bond acceptors (Lipinski definition) is 6. The monoisotopic (exact) mass is 593 g/mol. The minimum atomic E-state index is -1.53. The van der Waals surface area contributed by atoms with Gasteiger partial charge in [0.1, 0.15) is 11.4 Å². The number of piperidine rings is 1. The molecule has 0 aromatic carbocycles. The van der Waals surface area contributed by atoms with Crippen LogP contribution in [0.2, 0.25) is 0 Å². The van der Waals surface area contributed by atoms with Gasteiger partial charge in [-0.15, -0.1) is 0 Å². The van der Waals surface area contributed by atoms with Crippen molar-refractivity contribution < 1.29 is 18.3 Å². The Morgan fingerprint density at radius 3 is 2.05 bits per heavy atom. The van der Waals surface area contributed by atoms with Crippen LogP contribution in [0.25, 0.3) is 11.1 Å². The predicted molar refractivity (Wildman–Crippen MR) is 169 cm³/mol. The quantitative estimate of drug-likeness (QED) is 0.344. The second-order valence-electron chi connectivity index (χ2n) is 11.8. The summed E-state index contributed by atoms with van der Waals surface area (Å²) in [6.07, 6.45) is 9.14. The first-order valence-electron chi connectivity index (χ1n) is 15.8. The van der Waals surface area contributed by atoms with Crippen LogP contribution in [0.3, 0.4) is 0 Å². The molecule has 2 aromatic heterocycles. The average Bonchev–Trinajstić information content (AvgIpc) is 3.59. The van der Waals surface area contributed by atoms with Gasteiger partial charge in [0.05, 0.1) is 18.1 Å². The average molecular weight is 594 g/mol. The Morgan fingerprint density at radius 1 is 1.00 bits per heavy atom. The summed E-state index contributed by atoms with van der Waals surface area (Å²) < 4.78 is 36.2. The zero-order chi connectivity index (χ0) is 32.1. The molecule has 0 amide bonds. The Bertz CT molecular complexity index is 1050. The maximum absolute atomic E-state index is 16.1. The fraction of sp³-hybridized carbons (Fsp3) is 0.727. The van der Waals surface area contributed by atoms with E-state index in [-0.39, 0.29) is 5.60 Å². The largest absolute Gasteiger partial charge is 0.462 e. The summed E-state index contributed by atoms with van der Waals surface area (Å²) in [4.78, 5) is 18.7. The van der Waals surface area contributed by atoms with E-state index < -0.39 is 11.5 Å². The molecule has 7 nitrogen and oxygen atoms in total. The van der Waals surface area contributed by atoms with Crippen LogP contribution >= 0.6 is 0 Å². The van der Waals surface area contributed by atoms with Gasteiger partial charge >= 0.3 is 0 Å². The van der Waals surface area contributed by atoms with Crippen molar-refractivity contribution in [3.05, 3.63) is 36.2 Å². The number of aryl methyl sites for hydroxylation is 1. The molecule has 5 rings (SSSR count). The maximum Gasteiger partial charge on any atom is 0.293 e. The number of aromatic nitrogens is 3. The van der Waals surface area contributed by atoms with Crippen molar-refractivity contribution in [3.63, 3.8) is 0 Å². The molecule has 3 fully saturated rings. The number of rotatable bonds is 4. The minimum Gasteiger partial charge on any atom is -0.462 e. The number of hydrogen-bond donors (Lipinski definition) is 0. The smallest absolute Gasteiger partial charge is 0.293 e. The van der Waals surface area contributed by atoms with Gasteiger partial charge in [0.25, 0.3) is 6.47 Å². The molecule has 0 bridgehead atoms. The van der Waals surface area contributed by atoms with Crippen LogP contribution in [0.1, 0.15) is 100 Å². The molecular weight excluding hydrogens is 536 g/mol. The first-order chi connectivity index (χ1) is 19.9. The van der Waals surface area contributed by atoms with Crippen molar-refractivity contribution in [1.29, 1.82) is 0 Å². The van der Waals surface area contributed by atoms with Gasteiger partial charge in [-0.05, 0) is 71.4 Å². The third kappa shape index (κ3) is 10.1. The summed E-state index contributed by atoms with van der Waals surface area (Å²) in [5.41, 5.74) is 0.252. The molecular formula is C33H57F2N5O2. The number of nitrogens with zero attached hydrogens (tertiary/aromatic N) is 5. The van der Waals surface area contributed by atoms with Gasteiger partial charge in [-0.2, -0.15) is 5.10 Å². The molecule has 2 aliphatic heterocycles. The Morgan fingerprint density at radius 2 is 1.60 bits per heavy atom. The van der Waals surface area contributed by atoms with Gasteiger partial charge in [0.2, 0.25) is 0 Å². The van der Waals surface area contributed by atoms with Gasteiger partial charge in [0.15, 0.2) is 5.67 Å². The van der Waals surface area contributed by atoms with Crippen molar-refractivity contribution in [1.82, 2.24) is 24.6 Å². The molecule has 2 saturated heterocycles. The van der Waals surface area contributed by atoms with Gasteiger partial charge in [0, 0.05) is 56.6 Å². The van der Waals surface area contributed by atoms with E-state index in [2.05, 4.69) is 31.7 Å². The summed E-state index contributed by atoms with van der Waals surface area (Å²) in [6, 6.07) is 1.97. The highest BCUT2D eigenvalue weighted by Crippen LogP contribution is 2.48. The molecule has 240 valence electrons. The number of ether oxygens (including phenoxy) is 1. The van der Waals surface area contributed by atoms with E-state index in [1.807, 2.05) is 62.3 Å². The number of likely N-dealkylation sites (tertiary alicyclic amines) is 2. The molecule has 1 aliphatic carbocycles. The number of carbonyl (C=O) groups excluding carboxylic acids is 1. The zero-order valence-corrected chi connectivity index (χ0v) is 28.1. The lowest BCUT2D eigenvalue weighted by atomic mass is 9.78. The van der Waals surface area contributed by atoms with Crippen molar-refractivity contribution >= 4 is 6.47 Å². The molecule has 1 atom stereocenters. The molecule has 3 aliphatic rings. The number of halogens is 2. The third-order valence-corrected chi connectivity index (χ3v) is 7.69. The van der Waals surface area contributed by atoms with E-state index in [4.69, 9.17) is 0 Å². The van der Waals surface area contributed by atoms with Crippen LogP contribution < -0.4 is 0 Å². The molecule has 1 spiro atoms. The Balaban J connectivity index is 0.000000585. The van der Waals surface area contributed by atoms with E-state index in [0.29, 0.717) is 47.6 Å². The van der Waals surface area contributed by atoms with E-state index in [9.17, 15) is 9.18 Å². The molecule has 42 heavy (non-hydrogen) atoms. The highest BCUT2D eigenvalue weighted by molar-refractivity contribution is 5.65. The van der Waals surface area contributed by atoms with Crippen molar-refractivity contribution in [2.45, 2.75) is 112 Å². The van der Waals surface area contributed by atoms with Gasteiger partial charge in [-0.25, -0.2) is 8.78 Å². The lowest BCUT2D eigenvalue weighted by Gasteiger charge is -2.47. The van der Waals surface area contributed by atoms with Crippen LogP contribution in [0.15, 0.2) is 24.7 Å². The molecule has 9 heteroatoms. The van der Waals surface area contributed by atoms with Crippen LogP contribution in [0, 0.1) is 11.2 Å². The van der Waals surface area contributed by atoms with Crippen LogP contribution in [0.5, 0.6) is 0 Å². The van der Waals surface area contributed by atoms with E-state index in [1.165, 1.54) is 38.4 Å². The number of carbonyl (C=O) groups is 1. The molecule has 0 radical (unpaired) electrons. The predicted octanol–water partition coefficient (Wildman–Crippen LogP) is 7.40. The fourth-order valence-electron chi connectivity index (χ4n) is 6.08. The topological polar surface area (TPSA) is 63.5 Å². The van der Waals surface area contributed by atoms with E-state index in [1.54, 1.807) is 24.1 Å². The highest BCUT2D eigenvalue weighted by atomic mass is 19.1. The third-order valence-electron chi connectivity index (χ3n) is 7.69. The molecule has 0 N–H and O–H groups in total. The number of alkyl halides is 1. The highest BCUT2D eigenvalue weighted by Gasteiger charge is 2.49. The van der Waals surface area contributed by atoms with Crippen LogP contribution in [-0.4, -0.2) is 75.9 Å². The van der Waals surface area contributed by atoms with Crippen molar-refractivity contribution in [3.8, 4) is 11.1 Å². The van der Waals surface area contributed by atoms with Gasteiger partial charge in [-0.3, -0.25) is 14.5 Å². The summed E-state index contributed by atoms with van der Waals surface area (Å²) in [7, 11) is 3.99. The summed E-state index contributed by atoms with van der Waals surface area (Å²) in [5, 5.41) is 4.16. The van der Waals surface area contributed by atoms with Gasteiger partial charge in [-0.1, -0.05) is 41.5 Å².